The van der Waals surface area contributed by atoms with Gasteiger partial charge in [0.15, 0.2) is 35.9 Å². The lowest BCUT2D eigenvalue weighted by atomic mass is 9.80. The molecule has 0 amide bonds. The molecule has 0 atom stereocenters. The third kappa shape index (κ3) is 14.2. The van der Waals surface area contributed by atoms with E-state index in [4.69, 9.17) is 38.2 Å². The Kier molecular flexibility index (Phi) is 21.6. The predicted molar refractivity (Wildman–Crippen MR) is 496 cm³/mol. The smallest absolute Gasteiger partial charge is 0.423 e. The van der Waals surface area contributed by atoms with Gasteiger partial charge in [0, 0.05) is 32.7 Å². The molecule has 4 aromatic heterocycles. The van der Waals surface area contributed by atoms with Crippen LogP contribution in [0.2, 0.25) is 10.6 Å². The fraction of sp³-hybridized carbons (Fsp3) is 0. The van der Waals surface area contributed by atoms with E-state index in [1.54, 1.807) is 6.07 Å². The number of benzene rings is 16. The molecule has 0 aliphatic carbocycles. The first kappa shape index (κ1) is 75.7. The van der Waals surface area contributed by atoms with Gasteiger partial charge in [-0.25, -0.2) is 4.98 Å². The van der Waals surface area contributed by atoms with Crippen LogP contribution in [-0.2, 0) is 0 Å². The second kappa shape index (κ2) is 33.7. The zero-order chi connectivity index (χ0) is 79.8. The van der Waals surface area contributed by atoms with Crippen LogP contribution in [-0.4, -0.2) is 80.4 Å². The van der Waals surface area contributed by atoms with Crippen LogP contribution in [0.3, 0.4) is 0 Å². The number of rotatable bonds is 17. The summed E-state index contributed by atoms with van der Waals surface area (Å²) in [5, 5.41) is 39.5. The maximum Gasteiger partial charge on any atom is 0.488 e. The summed E-state index contributed by atoms with van der Waals surface area (Å²) in [6, 6.07) is 157. The molecule has 0 aliphatic heterocycles. The fourth-order valence-electron chi connectivity index (χ4n) is 17.3. The van der Waals surface area contributed by atoms with E-state index < -0.39 is 31.3 Å². The first-order valence-corrected chi connectivity index (χ1v) is 45.9. The molecule has 118 heavy (non-hydrogen) atoms. The van der Waals surface area contributed by atoms with Crippen LogP contribution in [0, 0.1) is 0 Å². The highest BCUT2D eigenvalue weighted by Crippen LogP contribution is 2.34. The maximum absolute atomic E-state index is 9.80. The van der Waals surface area contributed by atoms with Gasteiger partial charge in [0.2, 0.25) is 22.5 Å². The Morgan fingerprint density at radius 1 is 0.212 bits per heavy atom. The van der Waals surface area contributed by atoms with Crippen molar-refractivity contribution in [2.75, 3.05) is 0 Å². The van der Waals surface area contributed by atoms with E-state index in [0.29, 0.717) is 29.0 Å². The van der Waals surface area contributed by atoms with E-state index in [-0.39, 0.29) is 10.6 Å². The predicted octanol–water partition coefficient (Wildman–Crippen LogP) is 14.1. The van der Waals surface area contributed by atoms with Crippen molar-refractivity contribution in [2.24, 2.45) is 0 Å². The van der Waals surface area contributed by atoms with E-state index in [1.807, 2.05) is 71.3 Å². The largest absolute Gasteiger partial charge is 0.488 e. The third-order valence-electron chi connectivity index (χ3n) is 22.3. The Morgan fingerprint density at radius 2 is 0.432 bits per heavy atom. The summed E-state index contributed by atoms with van der Waals surface area (Å²) in [5.74, 6) is 2.20. The van der Waals surface area contributed by atoms with Gasteiger partial charge in [-0.2, -0.15) is 24.9 Å². The van der Waals surface area contributed by atoms with Crippen LogP contribution in [0.1, 0.15) is 0 Å². The number of para-hydroxylation sites is 4. The molecule has 16 heteroatoms. The van der Waals surface area contributed by atoms with Gasteiger partial charge in [0.1, 0.15) is 0 Å². The molecular weight excluding hydrogens is 1540 g/mol. The van der Waals surface area contributed by atoms with E-state index in [1.165, 1.54) is 57.1 Å². The van der Waals surface area contributed by atoms with Gasteiger partial charge in [-0.15, -0.1) is 0 Å². The van der Waals surface area contributed by atoms with Crippen LogP contribution >= 0.6 is 23.2 Å². The van der Waals surface area contributed by atoms with Crippen LogP contribution in [0.25, 0.3) is 78.3 Å². The Balaban J connectivity index is 0.000000158. The SMILES string of the molecule is Clc1nc(Cl)nc(-n2c3ccccc3c3ccccc32)n1.OB(O)c1cccc([Si](c2ccccc2)(c2ccccc2)c2ccccc2)c1.c1ccc([Si](c2ccccc2)(c2ccccc2)c2cccc(-c3nc(-c4cccc([Si](c5ccccc5)(c5ccccc5)c5ccccc5)c4)nc(-n4c5ccccc5c5ccccc54)n3)c2)cc1. The van der Waals surface area contributed by atoms with Crippen molar-refractivity contribution < 1.29 is 10.0 Å². The summed E-state index contributed by atoms with van der Waals surface area (Å²) in [4.78, 5) is 28.7. The first-order chi connectivity index (χ1) is 58.2. The van der Waals surface area contributed by atoms with Crippen molar-refractivity contribution in [1.82, 2.24) is 39.0 Å². The molecule has 16 aromatic carbocycles. The highest BCUT2D eigenvalue weighted by Gasteiger charge is 2.45. The van der Waals surface area contributed by atoms with Gasteiger partial charge in [0.05, 0.1) is 22.1 Å². The van der Waals surface area contributed by atoms with Gasteiger partial charge in [-0.3, -0.25) is 9.13 Å². The topological polar surface area (TPSA) is 128 Å². The lowest BCUT2D eigenvalue weighted by Gasteiger charge is -2.34. The van der Waals surface area contributed by atoms with Gasteiger partial charge >= 0.3 is 7.12 Å². The average Bonchev–Trinajstić information content (AvgIpc) is 1.15. The molecule has 0 unspecified atom stereocenters. The summed E-state index contributed by atoms with van der Waals surface area (Å²) in [5.41, 5.74) is 6.44. The van der Waals surface area contributed by atoms with Crippen molar-refractivity contribution in [3.8, 4) is 34.7 Å². The Hall–Kier alpha value is -13.6. The molecular formula is C102H75BCl2N8O2Si3. The minimum atomic E-state index is -2.88. The number of hydrogen-bond acceptors (Lipinski definition) is 8. The monoisotopic (exact) mass is 1610 g/mol. The molecule has 10 nitrogen and oxygen atoms in total. The average molecular weight is 1610 g/mol. The van der Waals surface area contributed by atoms with Crippen molar-refractivity contribution in [3.63, 3.8) is 0 Å². The third-order valence-corrected chi connectivity index (χ3v) is 37.0. The number of aromatic nitrogens is 8. The minimum absolute atomic E-state index is 0.0758. The molecule has 0 fully saturated rings. The van der Waals surface area contributed by atoms with Gasteiger partial charge < -0.3 is 10.0 Å². The van der Waals surface area contributed by atoms with Crippen LogP contribution in [0.5, 0.6) is 0 Å². The lowest BCUT2D eigenvalue weighted by molar-refractivity contribution is 0.426. The highest BCUT2D eigenvalue weighted by molar-refractivity contribution is 7.21. The van der Waals surface area contributed by atoms with Crippen molar-refractivity contribution >= 4 is 166 Å². The molecule has 0 saturated carbocycles. The summed E-state index contributed by atoms with van der Waals surface area (Å²) in [7, 11) is -9.85. The Morgan fingerprint density at radius 3 is 0.695 bits per heavy atom. The normalized spacial score (nSPS) is 11.6. The van der Waals surface area contributed by atoms with E-state index in [2.05, 4.69) is 390 Å². The van der Waals surface area contributed by atoms with Crippen molar-refractivity contribution in [2.45, 2.75) is 0 Å². The van der Waals surface area contributed by atoms with E-state index >= 15 is 0 Å². The van der Waals surface area contributed by atoms with Crippen LogP contribution in [0.15, 0.2) is 443 Å². The van der Waals surface area contributed by atoms with E-state index in [9.17, 15) is 10.0 Å². The number of halogens is 2. The van der Waals surface area contributed by atoms with Gasteiger partial charge in [-0.05, 0) is 115 Å². The number of nitrogens with zero attached hydrogens (tertiary/aromatic N) is 8. The summed E-state index contributed by atoms with van der Waals surface area (Å²) in [6.07, 6.45) is 0. The van der Waals surface area contributed by atoms with E-state index in [0.717, 1.165) is 59.9 Å². The van der Waals surface area contributed by atoms with Crippen molar-refractivity contribution in [3.05, 3.63) is 453 Å². The molecule has 4 heterocycles. The Bertz CT molecular complexity index is 6290. The van der Waals surface area contributed by atoms with Crippen LogP contribution in [0.4, 0.5) is 0 Å². The Labute approximate surface area is 697 Å². The highest BCUT2D eigenvalue weighted by atomic mass is 35.5. The number of hydrogen-bond donors (Lipinski definition) is 2. The van der Waals surface area contributed by atoms with Gasteiger partial charge in [-0.1, -0.05) is 419 Å². The summed E-state index contributed by atoms with van der Waals surface area (Å²) >= 11 is 11.8. The first-order valence-electron chi connectivity index (χ1n) is 39.2. The molecule has 0 saturated heterocycles. The summed E-state index contributed by atoms with van der Waals surface area (Å²) < 4.78 is 4.14. The minimum Gasteiger partial charge on any atom is -0.423 e. The zero-order valence-electron chi connectivity index (χ0n) is 64.0. The molecule has 564 valence electrons. The molecule has 2 N–H and O–H groups in total. The molecule has 0 aliphatic rings. The maximum atomic E-state index is 9.80. The van der Waals surface area contributed by atoms with Crippen molar-refractivity contribution in [1.29, 1.82) is 0 Å². The molecule has 20 aromatic rings. The number of fused-ring (bicyclic) bond motifs is 6. The lowest BCUT2D eigenvalue weighted by Crippen LogP contribution is -2.75. The fourth-order valence-corrected chi connectivity index (χ4v) is 32.1. The standard InChI is InChI=1S/C63H46N4Si2.C24H21BO2Si.C15H8Cl2N4/c1-7-27-49(28-8-1)68(50-29-9-2-10-30-50,51-31-11-3-12-32-51)55-39-23-25-47(45-55)61-64-62(66-63(65-61)67-59-43-21-19-41-57(59)58-42-20-22-44-60(58)67)48-26-24-40-56(46-48)69(52-33-13-4-14-34-52,53-35-15-5-16-36-53)54-37-17-6-18-38-54;26-25(27)20-11-10-18-24(19-20)28(21-12-4-1-5-13-21,22-14-6-2-7-15-22)23-16-8-3-9-17-23;16-13-18-14(17)20-15(19-13)21-11-7-3-1-5-9(11)10-6-2-4-8-12(10)21/h1-46H;1-19,26-27H;1-8H. The zero-order valence-corrected chi connectivity index (χ0v) is 68.5. The summed E-state index contributed by atoms with van der Waals surface area (Å²) in [6.45, 7) is 0. The molecule has 20 rings (SSSR count). The second-order valence-corrected chi connectivity index (χ2v) is 41.0. The van der Waals surface area contributed by atoms with Crippen LogP contribution < -0.4 is 67.7 Å². The molecule has 0 radical (unpaired) electrons. The molecule has 0 bridgehead atoms. The quantitative estimate of drug-likeness (QED) is 0.0682. The van der Waals surface area contributed by atoms with Gasteiger partial charge in [0.25, 0.3) is 0 Å². The molecule has 0 spiro atoms. The second-order valence-electron chi connectivity index (χ2n) is 28.9.